The van der Waals surface area contributed by atoms with Gasteiger partial charge in [0.05, 0.1) is 25.4 Å². The van der Waals surface area contributed by atoms with Gasteiger partial charge in [0.2, 0.25) is 5.95 Å². The summed E-state index contributed by atoms with van der Waals surface area (Å²) in [5.41, 5.74) is 10.0. The van der Waals surface area contributed by atoms with Gasteiger partial charge < -0.3 is 20.7 Å². The van der Waals surface area contributed by atoms with Crippen LogP contribution in [0.3, 0.4) is 0 Å². The number of nitrogens with two attached hydrogens (primary N) is 1. The molecule has 37 heavy (non-hydrogen) atoms. The molecule has 1 fully saturated rings. The van der Waals surface area contributed by atoms with Crippen LogP contribution in [0.4, 0.5) is 38.0 Å². The largest absolute Gasteiger partial charge is 0.378 e. The molecule has 3 aromatic rings. The minimum Gasteiger partial charge on any atom is -0.378 e. The first-order valence-corrected chi connectivity index (χ1v) is 12.0. The zero-order valence-electron chi connectivity index (χ0n) is 20.7. The summed E-state index contributed by atoms with van der Waals surface area (Å²) in [6.45, 7) is 4.01. The van der Waals surface area contributed by atoms with E-state index in [1.807, 2.05) is 13.0 Å². The van der Waals surface area contributed by atoms with Crippen molar-refractivity contribution in [1.29, 1.82) is 0 Å². The molecule has 1 aromatic heterocycles. The van der Waals surface area contributed by atoms with E-state index in [0.29, 0.717) is 54.6 Å². The average molecular weight is 506 g/mol. The summed E-state index contributed by atoms with van der Waals surface area (Å²) < 4.78 is 19.0. The van der Waals surface area contributed by atoms with Crippen molar-refractivity contribution in [2.24, 2.45) is 0 Å². The Morgan fingerprint density at radius 2 is 1.97 bits per heavy atom. The van der Waals surface area contributed by atoms with E-state index in [9.17, 15) is 14.0 Å². The van der Waals surface area contributed by atoms with Crippen molar-refractivity contribution in [3.63, 3.8) is 0 Å². The standard InChI is InChI=1S/C26H28FN7O3/c1-16-3-4-20(12-22(16)34-15-19-14-29-25(28)31-23(19)32(2)26(34)36)30-24(35)18-9-17(13-27)10-21(11-18)33-5-7-37-8-6-33/h3-4,9-12,14H,5-8,13,15H2,1-2H3,(H,30,35)(H2,28,29,31). The normalized spacial score (nSPS) is 15.5. The molecule has 2 aliphatic heterocycles. The van der Waals surface area contributed by atoms with Crippen molar-refractivity contribution in [2.75, 3.05) is 59.1 Å². The number of morpholine rings is 1. The van der Waals surface area contributed by atoms with Gasteiger partial charge in [-0.2, -0.15) is 4.98 Å². The second-order valence-corrected chi connectivity index (χ2v) is 9.08. The molecule has 10 nitrogen and oxygen atoms in total. The Labute approximate surface area is 213 Å². The van der Waals surface area contributed by atoms with E-state index in [0.717, 1.165) is 16.8 Å². The van der Waals surface area contributed by atoms with Crippen LogP contribution < -0.4 is 25.8 Å². The van der Waals surface area contributed by atoms with Crippen LogP contribution in [0.2, 0.25) is 0 Å². The van der Waals surface area contributed by atoms with Crippen molar-refractivity contribution in [3.8, 4) is 0 Å². The Balaban J connectivity index is 1.41. The van der Waals surface area contributed by atoms with Gasteiger partial charge in [-0.25, -0.2) is 14.2 Å². The highest BCUT2D eigenvalue weighted by Crippen LogP contribution is 2.33. The molecule has 0 saturated carbocycles. The number of carbonyl (C=O) groups is 2. The molecular weight excluding hydrogens is 477 g/mol. The van der Waals surface area contributed by atoms with Crippen LogP contribution in [0.25, 0.3) is 0 Å². The number of nitrogen functional groups attached to an aromatic ring is 1. The number of nitrogens with zero attached hydrogens (tertiary/aromatic N) is 5. The molecule has 0 unspecified atom stereocenters. The van der Waals surface area contributed by atoms with Crippen molar-refractivity contribution in [3.05, 3.63) is 64.8 Å². The maximum absolute atomic E-state index is 13.6. The number of aryl methyl sites for hydroxylation is 1. The number of fused-ring (bicyclic) bond motifs is 1. The predicted molar refractivity (Wildman–Crippen MR) is 140 cm³/mol. The van der Waals surface area contributed by atoms with Crippen LogP contribution in [0.1, 0.15) is 27.0 Å². The number of carbonyl (C=O) groups excluding carboxylic acids is 2. The van der Waals surface area contributed by atoms with E-state index < -0.39 is 6.67 Å². The molecule has 3 heterocycles. The van der Waals surface area contributed by atoms with Crippen LogP contribution in [0.15, 0.2) is 42.6 Å². The first kappa shape index (κ1) is 24.4. The zero-order valence-corrected chi connectivity index (χ0v) is 20.7. The first-order valence-electron chi connectivity index (χ1n) is 12.0. The summed E-state index contributed by atoms with van der Waals surface area (Å²) >= 11 is 0. The Morgan fingerprint density at radius 1 is 1.19 bits per heavy atom. The lowest BCUT2D eigenvalue weighted by molar-refractivity contribution is 0.102. The molecule has 2 aromatic carbocycles. The maximum atomic E-state index is 13.6. The molecule has 3 N–H and O–H groups in total. The van der Waals surface area contributed by atoms with E-state index in [-0.39, 0.29) is 24.4 Å². The number of ether oxygens (including phenoxy) is 1. The van der Waals surface area contributed by atoms with Gasteiger partial charge in [-0.15, -0.1) is 0 Å². The summed E-state index contributed by atoms with van der Waals surface area (Å²) in [5, 5.41) is 2.90. The number of nitrogens with one attached hydrogen (secondary N) is 1. The number of urea groups is 1. The molecule has 0 atom stereocenters. The van der Waals surface area contributed by atoms with Crippen LogP contribution >= 0.6 is 0 Å². The van der Waals surface area contributed by atoms with Crippen LogP contribution in [0.5, 0.6) is 0 Å². The molecule has 0 spiro atoms. The summed E-state index contributed by atoms with van der Waals surface area (Å²) in [6.07, 6.45) is 1.61. The quantitative estimate of drug-likeness (QED) is 0.545. The van der Waals surface area contributed by atoms with Gasteiger partial charge in [0.1, 0.15) is 12.5 Å². The number of halogens is 1. The lowest BCUT2D eigenvalue weighted by atomic mass is 10.1. The molecule has 0 radical (unpaired) electrons. The number of alkyl halides is 1. The van der Waals surface area contributed by atoms with Gasteiger partial charge in [0.15, 0.2) is 0 Å². The molecule has 1 saturated heterocycles. The van der Waals surface area contributed by atoms with E-state index in [4.69, 9.17) is 10.5 Å². The number of amides is 3. The monoisotopic (exact) mass is 505 g/mol. The minimum absolute atomic E-state index is 0.0985. The highest BCUT2D eigenvalue weighted by atomic mass is 19.1. The van der Waals surface area contributed by atoms with E-state index in [2.05, 4.69) is 20.2 Å². The molecule has 3 amide bonds. The van der Waals surface area contributed by atoms with Gasteiger partial charge in [0.25, 0.3) is 5.91 Å². The van der Waals surface area contributed by atoms with E-state index in [1.54, 1.807) is 48.5 Å². The number of benzene rings is 2. The third-order valence-electron chi connectivity index (χ3n) is 6.55. The molecule has 0 aliphatic carbocycles. The Kier molecular flexibility index (Phi) is 6.62. The number of hydrogen-bond donors (Lipinski definition) is 2. The lowest BCUT2D eigenvalue weighted by Gasteiger charge is -2.34. The third kappa shape index (κ3) is 4.90. The summed E-state index contributed by atoms with van der Waals surface area (Å²) in [5.74, 6) is 0.206. The molecule has 192 valence electrons. The minimum atomic E-state index is -0.672. The summed E-state index contributed by atoms with van der Waals surface area (Å²) in [4.78, 5) is 39.7. The van der Waals surface area contributed by atoms with Gasteiger partial charge in [-0.1, -0.05) is 6.07 Å². The molecule has 0 bridgehead atoms. The second kappa shape index (κ2) is 10.0. The molecule has 5 rings (SSSR count). The van der Waals surface area contributed by atoms with E-state index in [1.165, 1.54) is 4.90 Å². The molecule has 11 heteroatoms. The fourth-order valence-corrected chi connectivity index (χ4v) is 4.58. The second-order valence-electron chi connectivity index (χ2n) is 9.08. The lowest BCUT2D eigenvalue weighted by Crippen LogP contribution is -2.46. The van der Waals surface area contributed by atoms with Gasteiger partial charge in [-0.3, -0.25) is 14.6 Å². The first-order chi connectivity index (χ1) is 17.8. The number of rotatable bonds is 5. The summed E-state index contributed by atoms with van der Waals surface area (Å²) in [7, 11) is 1.63. The van der Waals surface area contributed by atoms with E-state index >= 15 is 0 Å². The highest BCUT2D eigenvalue weighted by Gasteiger charge is 2.31. The predicted octanol–water partition coefficient (Wildman–Crippen LogP) is 3.50. The van der Waals surface area contributed by atoms with Gasteiger partial charge in [0, 0.05) is 48.8 Å². The number of aromatic nitrogens is 2. The smallest absolute Gasteiger partial charge is 0.330 e. The zero-order chi connectivity index (χ0) is 26.1. The van der Waals surface area contributed by atoms with Crippen molar-refractivity contribution in [1.82, 2.24) is 9.97 Å². The average Bonchev–Trinajstić information content (AvgIpc) is 2.92. The molecule has 2 aliphatic rings. The van der Waals surface area contributed by atoms with Crippen molar-refractivity contribution >= 4 is 40.8 Å². The fraction of sp³-hybridized carbons (Fsp3) is 0.308. The van der Waals surface area contributed by atoms with Crippen molar-refractivity contribution < 1.29 is 18.7 Å². The van der Waals surface area contributed by atoms with Crippen molar-refractivity contribution in [2.45, 2.75) is 20.1 Å². The SMILES string of the molecule is Cc1ccc(NC(=O)c2cc(CF)cc(N3CCOCC3)c2)cc1N1Cc2cnc(N)nc2N(C)C1=O. The topological polar surface area (TPSA) is 117 Å². The van der Waals surface area contributed by atoms with Crippen LogP contribution in [-0.4, -0.2) is 55.3 Å². The molecular formula is C26H28FN7O3. The van der Waals surface area contributed by atoms with Crippen LogP contribution in [-0.2, 0) is 18.0 Å². The Morgan fingerprint density at radius 3 is 2.73 bits per heavy atom. The highest BCUT2D eigenvalue weighted by molar-refractivity contribution is 6.07. The fourth-order valence-electron chi connectivity index (χ4n) is 4.58. The third-order valence-corrected chi connectivity index (χ3v) is 6.55. The maximum Gasteiger partial charge on any atom is 0.330 e. The summed E-state index contributed by atoms with van der Waals surface area (Å²) in [6, 6.07) is 10.2. The Bertz CT molecular complexity index is 1360. The Hall–Kier alpha value is -4.25. The van der Waals surface area contributed by atoms with Gasteiger partial charge in [-0.05, 0) is 48.4 Å². The van der Waals surface area contributed by atoms with Crippen LogP contribution in [0, 0.1) is 6.92 Å². The number of hydrogen-bond acceptors (Lipinski definition) is 7. The van der Waals surface area contributed by atoms with Gasteiger partial charge >= 0.3 is 6.03 Å². The number of anilines is 5.